The molecule has 0 saturated heterocycles. The number of unbranched alkanes of at least 4 members (excludes halogenated alkanes) is 8. The highest BCUT2D eigenvalue weighted by Gasteiger charge is 2.10. The molecular weight excluding hydrogens is 368 g/mol. The summed E-state index contributed by atoms with van der Waals surface area (Å²) in [6, 6.07) is 7.16. The molecule has 0 amide bonds. The van der Waals surface area contributed by atoms with Gasteiger partial charge in [-0.15, -0.1) is 0 Å². The molecule has 1 rings (SSSR count). The second kappa shape index (κ2) is 17.6. The van der Waals surface area contributed by atoms with Crippen molar-refractivity contribution in [2.45, 2.75) is 77.2 Å². The molecule has 0 aliphatic carbocycles. The molecule has 0 radical (unpaired) electrons. The van der Waals surface area contributed by atoms with E-state index in [0.717, 1.165) is 18.4 Å². The number of benzene rings is 1. The van der Waals surface area contributed by atoms with Gasteiger partial charge in [0.25, 0.3) is 0 Å². The SMILES string of the molecule is CCCCCCCCCCCC(=O)c1ccc(C(O)COCCOCCO)cc1. The molecule has 0 aliphatic rings. The van der Waals surface area contributed by atoms with E-state index < -0.39 is 6.10 Å². The van der Waals surface area contributed by atoms with Crippen molar-refractivity contribution in [3.63, 3.8) is 0 Å². The highest BCUT2D eigenvalue weighted by atomic mass is 16.5. The molecule has 0 spiro atoms. The molecule has 1 aromatic rings. The summed E-state index contributed by atoms with van der Waals surface area (Å²) in [7, 11) is 0. The van der Waals surface area contributed by atoms with Crippen LogP contribution in [0.3, 0.4) is 0 Å². The molecule has 1 atom stereocenters. The van der Waals surface area contributed by atoms with Gasteiger partial charge < -0.3 is 19.7 Å². The Morgan fingerprint density at radius 1 is 0.862 bits per heavy atom. The predicted molar refractivity (Wildman–Crippen MR) is 116 cm³/mol. The second-order valence-electron chi connectivity index (χ2n) is 7.55. The molecular formula is C24H40O5. The molecule has 0 aromatic heterocycles. The third kappa shape index (κ3) is 12.8. The third-order valence-corrected chi connectivity index (χ3v) is 5.01. The van der Waals surface area contributed by atoms with E-state index in [1.165, 1.54) is 44.9 Å². The lowest BCUT2D eigenvalue weighted by atomic mass is 10.0. The molecule has 0 fully saturated rings. The molecule has 1 aromatic carbocycles. The lowest BCUT2D eigenvalue weighted by Crippen LogP contribution is -2.12. The maximum absolute atomic E-state index is 12.3. The van der Waals surface area contributed by atoms with E-state index >= 15 is 0 Å². The molecule has 5 nitrogen and oxygen atoms in total. The van der Waals surface area contributed by atoms with Crippen molar-refractivity contribution in [3.8, 4) is 0 Å². The summed E-state index contributed by atoms with van der Waals surface area (Å²) in [5.41, 5.74) is 1.44. The number of Topliss-reactive ketones (excluding diaryl/α,β-unsaturated/α-hetero) is 1. The van der Waals surface area contributed by atoms with Crippen molar-refractivity contribution in [3.05, 3.63) is 35.4 Å². The Balaban J connectivity index is 2.16. The number of ether oxygens (including phenoxy) is 2. The van der Waals surface area contributed by atoms with Crippen LogP contribution in [0.15, 0.2) is 24.3 Å². The van der Waals surface area contributed by atoms with Gasteiger partial charge >= 0.3 is 0 Å². The quantitative estimate of drug-likeness (QED) is 0.253. The maximum Gasteiger partial charge on any atom is 0.162 e. The van der Waals surface area contributed by atoms with Crippen LogP contribution in [0.5, 0.6) is 0 Å². The van der Waals surface area contributed by atoms with Crippen LogP contribution in [0.2, 0.25) is 0 Å². The number of ketones is 1. The smallest absolute Gasteiger partial charge is 0.162 e. The summed E-state index contributed by atoms with van der Waals surface area (Å²) >= 11 is 0. The lowest BCUT2D eigenvalue weighted by molar-refractivity contribution is -0.00264. The monoisotopic (exact) mass is 408 g/mol. The fraction of sp³-hybridized carbons (Fsp3) is 0.708. The Labute approximate surface area is 176 Å². The van der Waals surface area contributed by atoms with Crippen molar-refractivity contribution >= 4 is 5.78 Å². The summed E-state index contributed by atoms with van der Waals surface area (Å²) in [4.78, 5) is 12.3. The van der Waals surface area contributed by atoms with Crippen LogP contribution in [0, 0.1) is 0 Å². The zero-order chi connectivity index (χ0) is 21.2. The van der Waals surface area contributed by atoms with Gasteiger partial charge in [-0.3, -0.25) is 4.79 Å². The van der Waals surface area contributed by atoms with Crippen LogP contribution in [0.1, 0.15) is 93.2 Å². The standard InChI is InChI=1S/C24H40O5/c1-2-3-4-5-6-7-8-9-10-11-23(26)21-12-14-22(15-13-21)24(27)20-29-19-18-28-17-16-25/h12-15,24-25,27H,2-11,16-20H2,1H3. The van der Waals surface area contributed by atoms with Crippen LogP contribution in [-0.4, -0.2) is 49.0 Å². The van der Waals surface area contributed by atoms with Crippen molar-refractivity contribution in [1.82, 2.24) is 0 Å². The van der Waals surface area contributed by atoms with Crippen LogP contribution in [0.4, 0.5) is 0 Å². The topological polar surface area (TPSA) is 76.0 Å². The summed E-state index contributed by atoms with van der Waals surface area (Å²) in [5, 5.41) is 18.8. The van der Waals surface area contributed by atoms with Crippen molar-refractivity contribution in [2.24, 2.45) is 0 Å². The Bertz CT molecular complexity index is 515. The van der Waals surface area contributed by atoms with Crippen LogP contribution < -0.4 is 0 Å². The number of hydrogen-bond acceptors (Lipinski definition) is 5. The second-order valence-corrected chi connectivity index (χ2v) is 7.55. The Morgan fingerprint density at radius 3 is 2.07 bits per heavy atom. The Hall–Kier alpha value is -1.27. The summed E-state index contributed by atoms with van der Waals surface area (Å²) in [5.74, 6) is 0.172. The molecule has 29 heavy (non-hydrogen) atoms. The summed E-state index contributed by atoms with van der Waals surface area (Å²) in [6.07, 6.45) is 11.1. The number of rotatable bonds is 19. The highest BCUT2D eigenvalue weighted by Crippen LogP contribution is 2.17. The van der Waals surface area contributed by atoms with E-state index in [1.54, 1.807) is 24.3 Å². The van der Waals surface area contributed by atoms with Gasteiger partial charge in [0.1, 0.15) is 6.10 Å². The van der Waals surface area contributed by atoms with Gasteiger partial charge in [-0.2, -0.15) is 0 Å². The minimum atomic E-state index is -0.727. The van der Waals surface area contributed by atoms with E-state index in [2.05, 4.69) is 6.92 Å². The highest BCUT2D eigenvalue weighted by molar-refractivity contribution is 5.96. The van der Waals surface area contributed by atoms with Gasteiger partial charge in [-0.1, -0.05) is 82.6 Å². The predicted octanol–water partition coefficient (Wildman–Crippen LogP) is 4.85. The number of carbonyl (C=O) groups excluding carboxylic acids is 1. The first-order valence-electron chi connectivity index (χ1n) is 11.3. The van der Waals surface area contributed by atoms with E-state index in [-0.39, 0.29) is 19.0 Å². The molecule has 0 bridgehead atoms. The van der Waals surface area contributed by atoms with E-state index in [0.29, 0.717) is 31.8 Å². The molecule has 0 aliphatic heterocycles. The molecule has 2 N–H and O–H groups in total. The normalized spacial score (nSPS) is 12.2. The molecule has 166 valence electrons. The minimum Gasteiger partial charge on any atom is -0.394 e. The number of carbonyl (C=O) groups is 1. The summed E-state index contributed by atoms with van der Waals surface area (Å²) < 4.78 is 10.5. The lowest BCUT2D eigenvalue weighted by Gasteiger charge is -2.12. The van der Waals surface area contributed by atoms with E-state index in [1.807, 2.05) is 0 Å². The fourth-order valence-electron chi connectivity index (χ4n) is 3.21. The Morgan fingerprint density at radius 2 is 1.45 bits per heavy atom. The Kier molecular flexibility index (Phi) is 15.6. The zero-order valence-electron chi connectivity index (χ0n) is 18.1. The van der Waals surface area contributed by atoms with Crippen LogP contribution in [-0.2, 0) is 9.47 Å². The van der Waals surface area contributed by atoms with Crippen molar-refractivity contribution < 1.29 is 24.5 Å². The number of aliphatic hydroxyl groups excluding tert-OH is 2. The van der Waals surface area contributed by atoms with Gasteiger partial charge in [0.15, 0.2) is 5.78 Å². The zero-order valence-corrected chi connectivity index (χ0v) is 18.1. The first-order chi connectivity index (χ1) is 14.2. The van der Waals surface area contributed by atoms with E-state index in [9.17, 15) is 9.90 Å². The van der Waals surface area contributed by atoms with Crippen LogP contribution in [0.25, 0.3) is 0 Å². The third-order valence-electron chi connectivity index (χ3n) is 5.01. The van der Waals surface area contributed by atoms with Gasteiger partial charge in [0.05, 0.1) is 33.0 Å². The minimum absolute atomic E-state index is 0.00712. The van der Waals surface area contributed by atoms with Crippen molar-refractivity contribution in [1.29, 1.82) is 0 Å². The maximum atomic E-state index is 12.3. The van der Waals surface area contributed by atoms with Gasteiger partial charge in [0.2, 0.25) is 0 Å². The van der Waals surface area contributed by atoms with Crippen molar-refractivity contribution in [2.75, 3.05) is 33.0 Å². The first kappa shape index (κ1) is 25.8. The first-order valence-corrected chi connectivity index (χ1v) is 11.3. The van der Waals surface area contributed by atoms with Gasteiger partial charge in [-0.05, 0) is 12.0 Å². The van der Waals surface area contributed by atoms with Gasteiger partial charge in [-0.25, -0.2) is 0 Å². The average molecular weight is 409 g/mol. The average Bonchev–Trinajstić information content (AvgIpc) is 2.74. The fourth-order valence-corrected chi connectivity index (χ4v) is 3.21. The number of aliphatic hydroxyl groups is 2. The van der Waals surface area contributed by atoms with E-state index in [4.69, 9.17) is 14.6 Å². The molecule has 5 heteroatoms. The molecule has 0 heterocycles. The van der Waals surface area contributed by atoms with Crippen LogP contribution >= 0.6 is 0 Å². The molecule has 1 unspecified atom stereocenters. The largest absolute Gasteiger partial charge is 0.394 e. The summed E-state index contributed by atoms with van der Waals surface area (Å²) in [6.45, 7) is 3.45. The molecule has 0 saturated carbocycles. The van der Waals surface area contributed by atoms with Gasteiger partial charge in [0, 0.05) is 12.0 Å². The number of hydrogen-bond donors (Lipinski definition) is 2.